The molecule has 0 N–H and O–H groups in total. The first-order valence-corrected chi connectivity index (χ1v) is 9.27. The van der Waals surface area contributed by atoms with Crippen LogP contribution in [0.1, 0.15) is 34.9 Å². The SMILES string of the molecule is COc1ccc(Br)c(C(=O)O[C@@H](C(=O)N2CCCC2)c2ccccc2)c1. The Bertz CT molecular complexity index is 788. The van der Waals surface area contributed by atoms with E-state index in [1.165, 1.54) is 7.11 Å². The third kappa shape index (κ3) is 4.07. The quantitative estimate of drug-likeness (QED) is 0.690. The fourth-order valence-electron chi connectivity index (χ4n) is 2.95. The molecule has 3 rings (SSSR count). The summed E-state index contributed by atoms with van der Waals surface area (Å²) in [5.41, 5.74) is 0.983. The van der Waals surface area contributed by atoms with Crippen LogP contribution in [0.3, 0.4) is 0 Å². The number of halogens is 1. The van der Waals surface area contributed by atoms with Crippen LogP contribution in [-0.4, -0.2) is 37.0 Å². The van der Waals surface area contributed by atoms with E-state index in [9.17, 15) is 9.59 Å². The fourth-order valence-corrected chi connectivity index (χ4v) is 3.36. The molecule has 2 aromatic carbocycles. The van der Waals surface area contributed by atoms with Gasteiger partial charge in [-0.05, 0) is 47.0 Å². The van der Waals surface area contributed by atoms with E-state index in [1.54, 1.807) is 35.2 Å². The van der Waals surface area contributed by atoms with Gasteiger partial charge in [-0.3, -0.25) is 4.79 Å². The predicted octanol–water partition coefficient (Wildman–Crippen LogP) is 3.98. The van der Waals surface area contributed by atoms with Crippen LogP contribution in [0.25, 0.3) is 0 Å². The first-order valence-electron chi connectivity index (χ1n) is 8.48. The molecule has 1 saturated heterocycles. The number of amides is 1. The highest BCUT2D eigenvalue weighted by Gasteiger charge is 2.31. The molecule has 0 saturated carbocycles. The van der Waals surface area contributed by atoms with Crippen LogP contribution in [0.15, 0.2) is 53.0 Å². The summed E-state index contributed by atoms with van der Waals surface area (Å²) >= 11 is 3.36. The molecule has 1 aliphatic heterocycles. The van der Waals surface area contributed by atoms with Crippen LogP contribution in [0, 0.1) is 0 Å². The molecule has 1 aliphatic rings. The third-order valence-electron chi connectivity index (χ3n) is 4.36. The van der Waals surface area contributed by atoms with Crippen molar-refractivity contribution in [3.05, 3.63) is 64.1 Å². The van der Waals surface area contributed by atoms with Gasteiger partial charge in [0.25, 0.3) is 5.91 Å². The van der Waals surface area contributed by atoms with E-state index in [0.29, 0.717) is 34.4 Å². The molecular weight excluding hydrogens is 398 g/mol. The molecule has 136 valence electrons. The lowest BCUT2D eigenvalue weighted by molar-refractivity contribution is -0.140. The highest BCUT2D eigenvalue weighted by atomic mass is 79.9. The van der Waals surface area contributed by atoms with Gasteiger partial charge in [-0.1, -0.05) is 30.3 Å². The van der Waals surface area contributed by atoms with Crippen molar-refractivity contribution >= 4 is 27.8 Å². The Balaban J connectivity index is 1.88. The lowest BCUT2D eigenvalue weighted by Gasteiger charge is -2.23. The number of ether oxygens (including phenoxy) is 2. The minimum atomic E-state index is -0.958. The summed E-state index contributed by atoms with van der Waals surface area (Å²) in [6.45, 7) is 1.39. The highest BCUT2D eigenvalue weighted by Crippen LogP contribution is 2.28. The summed E-state index contributed by atoms with van der Waals surface area (Å²) in [6.07, 6.45) is 0.991. The Morgan fingerprint density at radius 2 is 1.77 bits per heavy atom. The maximum Gasteiger partial charge on any atom is 0.340 e. The largest absolute Gasteiger partial charge is 0.497 e. The number of benzene rings is 2. The second-order valence-corrected chi connectivity index (χ2v) is 6.93. The molecule has 6 heteroatoms. The zero-order valence-electron chi connectivity index (χ0n) is 14.5. The van der Waals surface area contributed by atoms with Crippen LogP contribution in [0.5, 0.6) is 5.75 Å². The molecular formula is C20H20BrNO4. The third-order valence-corrected chi connectivity index (χ3v) is 5.05. The van der Waals surface area contributed by atoms with Gasteiger partial charge in [-0.15, -0.1) is 0 Å². The summed E-state index contributed by atoms with van der Waals surface area (Å²) in [5, 5.41) is 0. The van der Waals surface area contributed by atoms with Crippen molar-refractivity contribution in [1.29, 1.82) is 0 Å². The van der Waals surface area contributed by atoms with E-state index in [1.807, 2.05) is 18.2 Å². The second-order valence-electron chi connectivity index (χ2n) is 6.07. The lowest BCUT2D eigenvalue weighted by atomic mass is 10.1. The highest BCUT2D eigenvalue weighted by molar-refractivity contribution is 9.10. The van der Waals surface area contributed by atoms with Gasteiger partial charge in [0.15, 0.2) is 0 Å². The van der Waals surface area contributed by atoms with Crippen LogP contribution in [0.4, 0.5) is 0 Å². The number of hydrogen-bond acceptors (Lipinski definition) is 4. The number of rotatable bonds is 5. The molecule has 0 spiro atoms. The second kappa shape index (κ2) is 8.36. The van der Waals surface area contributed by atoms with Gasteiger partial charge in [0, 0.05) is 23.1 Å². The van der Waals surface area contributed by atoms with Gasteiger partial charge >= 0.3 is 5.97 Å². The minimum Gasteiger partial charge on any atom is -0.497 e. The lowest BCUT2D eigenvalue weighted by Crippen LogP contribution is -2.34. The van der Waals surface area contributed by atoms with Crippen molar-refractivity contribution < 1.29 is 19.1 Å². The van der Waals surface area contributed by atoms with E-state index in [0.717, 1.165) is 12.8 Å². The first kappa shape index (κ1) is 18.5. The number of carbonyl (C=O) groups excluding carboxylic acids is 2. The summed E-state index contributed by atoms with van der Waals surface area (Å²) in [4.78, 5) is 27.4. The van der Waals surface area contributed by atoms with Gasteiger partial charge in [0.05, 0.1) is 12.7 Å². The molecule has 1 heterocycles. The summed E-state index contributed by atoms with van der Waals surface area (Å²) < 4.78 is 11.4. The van der Waals surface area contributed by atoms with Crippen molar-refractivity contribution in [2.24, 2.45) is 0 Å². The van der Waals surface area contributed by atoms with E-state index in [-0.39, 0.29) is 5.91 Å². The van der Waals surface area contributed by atoms with E-state index in [4.69, 9.17) is 9.47 Å². The van der Waals surface area contributed by atoms with Gasteiger partial charge in [-0.2, -0.15) is 0 Å². The zero-order valence-corrected chi connectivity index (χ0v) is 16.1. The normalized spacial score (nSPS) is 14.8. The number of nitrogens with zero attached hydrogens (tertiary/aromatic N) is 1. The summed E-state index contributed by atoms with van der Waals surface area (Å²) in [7, 11) is 1.53. The number of hydrogen-bond donors (Lipinski definition) is 0. The van der Waals surface area contributed by atoms with Crippen LogP contribution in [-0.2, 0) is 9.53 Å². The fraction of sp³-hybridized carbons (Fsp3) is 0.300. The molecule has 26 heavy (non-hydrogen) atoms. The molecule has 5 nitrogen and oxygen atoms in total. The Morgan fingerprint density at radius 3 is 2.42 bits per heavy atom. The number of esters is 1. The van der Waals surface area contributed by atoms with Crippen LogP contribution in [0.2, 0.25) is 0 Å². The number of carbonyl (C=O) groups is 2. The standard InChI is InChI=1S/C20H20BrNO4/c1-25-15-9-10-17(21)16(13-15)20(24)26-18(14-7-3-2-4-8-14)19(23)22-11-5-6-12-22/h2-4,7-10,13,18H,5-6,11-12H2,1H3/t18-/m1/s1. The number of methoxy groups -OCH3 is 1. The zero-order chi connectivity index (χ0) is 18.5. The Morgan fingerprint density at radius 1 is 1.08 bits per heavy atom. The van der Waals surface area contributed by atoms with E-state index < -0.39 is 12.1 Å². The van der Waals surface area contributed by atoms with Crippen molar-refractivity contribution in [2.75, 3.05) is 20.2 Å². The molecule has 1 amide bonds. The predicted molar refractivity (Wildman–Crippen MR) is 101 cm³/mol. The molecule has 0 aromatic heterocycles. The molecule has 0 bridgehead atoms. The van der Waals surface area contributed by atoms with E-state index in [2.05, 4.69) is 15.9 Å². The Kier molecular flexibility index (Phi) is 5.93. The maximum absolute atomic E-state index is 12.9. The maximum atomic E-state index is 12.9. The smallest absolute Gasteiger partial charge is 0.340 e. The monoisotopic (exact) mass is 417 g/mol. The molecule has 0 radical (unpaired) electrons. The summed E-state index contributed by atoms with van der Waals surface area (Å²) in [6, 6.07) is 14.2. The molecule has 2 aromatic rings. The molecule has 0 aliphatic carbocycles. The van der Waals surface area contributed by atoms with Crippen LogP contribution >= 0.6 is 15.9 Å². The van der Waals surface area contributed by atoms with Crippen LogP contribution < -0.4 is 4.74 Å². The minimum absolute atomic E-state index is 0.180. The van der Waals surface area contributed by atoms with Gasteiger partial charge in [-0.25, -0.2) is 4.79 Å². The molecule has 0 unspecified atom stereocenters. The van der Waals surface area contributed by atoms with Crippen molar-refractivity contribution in [3.63, 3.8) is 0 Å². The summed E-state index contributed by atoms with van der Waals surface area (Å²) in [5.74, 6) is -0.208. The first-order chi connectivity index (χ1) is 12.6. The van der Waals surface area contributed by atoms with Crippen molar-refractivity contribution in [1.82, 2.24) is 4.90 Å². The van der Waals surface area contributed by atoms with Crippen molar-refractivity contribution in [3.8, 4) is 5.75 Å². The van der Waals surface area contributed by atoms with Crippen molar-refractivity contribution in [2.45, 2.75) is 18.9 Å². The van der Waals surface area contributed by atoms with Gasteiger partial charge in [0.2, 0.25) is 6.10 Å². The molecule has 1 fully saturated rings. The topological polar surface area (TPSA) is 55.8 Å². The van der Waals surface area contributed by atoms with Gasteiger partial charge < -0.3 is 14.4 Å². The average Bonchev–Trinajstić information content (AvgIpc) is 3.21. The average molecular weight is 418 g/mol. The molecule has 1 atom stereocenters. The Labute approximate surface area is 161 Å². The number of likely N-dealkylation sites (tertiary alicyclic amines) is 1. The Hall–Kier alpha value is -2.34. The van der Waals surface area contributed by atoms with Gasteiger partial charge in [0.1, 0.15) is 5.75 Å². The van der Waals surface area contributed by atoms with E-state index >= 15 is 0 Å².